The Bertz CT molecular complexity index is 607. The molecule has 0 atom stereocenters. The Balaban J connectivity index is 0.00000288. The van der Waals surface area contributed by atoms with Crippen LogP contribution in [-0.4, -0.2) is 15.6 Å². The van der Waals surface area contributed by atoms with Gasteiger partial charge in [0.1, 0.15) is 0 Å². The van der Waals surface area contributed by atoms with E-state index in [0.29, 0.717) is 6.42 Å². The summed E-state index contributed by atoms with van der Waals surface area (Å²) in [6.07, 6.45) is 11.1. The van der Waals surface area contributed by atoms with E-state index >= 15 is 0 Å². The Labute approximate surface area is 155 Å². The summed E-state index contributed by atoms with van der Waals surface area (Å²) in [5.74, 6) is 0.221. The molecule has 1 aromatic heterocycles. The number of benzene rings is 1. The van der Waals surface area contributed by atoms with Crippen molar-refractivity contribution >= 4 is 5.78 Å². The molecule has 0 radical (unpaired) electrons. The van der Waals surface area contributed by atoms with Crippen molar-refractivity contribution in [1.29, 1.82) is 0 Å². The van der Waals surface area contributed by atoms with Gasteiger partial charge in [0.2, 0.25) is 0 Å². The second-order valence-electron chi connectivity index (χ2n) is 6.20. The number of nitrogens with zero attached hydrogens (tertiary/aromatic N) is 2. The maximum absolute atomic E-state index is 12.4. The van der Waals surface area contributed by atoms with Crippen LogP contribution in [0.2, 0.25) is 0 Å². The molecule has 0 aliphatic heterocycles. The van der Waals surface area contributed by atoms with Crippen molar-refractivity contribution in [2.45, 2.75) is 65.2 Å². The fourth-order valence-electron chi connectivity index (χ4n) is 2.82. The summed E-state index contributed by atoms with van der Waals surface area (Å²) in [5.41, 5.74) is 2.58. The molecule has 0 N–H and O–H groups in total. The number of aryl methyl sites for hydroxylation is 1. The third-order valence-electron chi connectivity index (χ3n) is 4.23. The quantitative estimate of drug-likeness (QED) is 0.314. The second-order valence-corrected chi connectivity index (χ2v) is 6.20. The number of para-hydroxylation sites is 1. The zero-order chi connectivity index (χ0) is 16.5. The summed E-state index contributed by atoms with van der Waals surface area (Å²) in [6.45, 7) is 4.15. The molecule has 2 aromatic rings. The van der Waals surface area contributed by atoms with Crippen molar-refractivity contribution in [3.63, 3.8) is 0 Å². The molecule has 0 amide bonds. The fourth-order valence-corrected chi connectivity index (χ4v) is 2.82. The average Bonchev–Trinajstić information content (AvgIpc) is 2.96. The summed E-state index contributed by atoms with van der Waals surface area (Å²) >= 11 is 0. The van der Waals surface area contributed by atoms with Crippen molar-refractivity contribution in [2.24, 2.45) is 0 Å². The Morgan fingerprint density at radius 3 is 2.29 bits per heavy atom. The van der Waals surface area contributed by atoms with Crippen LogP contribution in [0, 0.1) is 6.92 Å². The molecule has 24 heavy (non-hydrogen) atoms. The molecule has 0 spiro atoms. The number of hydrogen-bond donors (Lipinski definition) is 0. The Morgan fingerprint density at radius 2 is 1.62 bits per heavy atom. The average molecular weight is 371 g/mol. The normalized spacial score (nSPS) is 10.4. The minimum Gasteiger partial charge on any atom is -0.294 e. The van der Waals surface area contributed by atoms with E-state index in [9.17, 15) is 4.79 Å². The maximum Gasteiger partial charge on any atom is 0.166 e. The molecule has 0 aliphatic rings. The molecule has 3 nitrogen and oxygen atoms in total. The Kier molecular flexibility index (Phi) is 9.63. The molecule has 0 aliphatic carbocycles. The van der Waals surface area contributed by atoms with Gasteiger partial charge in [-0.15, -0.1) is 0 Å². The third kappa shape index (κ3) is 6.24. The van der Waals surface area contributed by atoms with Gasteiger partial charge in [0.05, 0.1) is 16.9 Å². The van der Waals surface area contributed by atoms with Gasteiger partial charge in [-0.3, -0.25) is 4.79 Å². The van der Waals surface area contributed by atoms with Crippen molar-refractivity contribution in [3.8, 4) is 5.69 Å². The van der Waals surface area contributed by atoms with Crippen LogP contribution in [0.3, 0.4) is 0 Å². The monoisotopic (exact) mass is 370 g/mol. The van der Waals surface area contributed by atoms with Gasteiger partial charge < -0.3 is 0 Å². The minimum absolute atomic E-state index is 0. The van der Waals surface area contributed by atoms with Crippen LogP contribution >= 0.6 is 0 Å². The first-order valence-corrected chi connectivity index (χ1v) is 8.87. The second kappa shape index (κ2) is 11.2. The molecule has 1 heterocycles. The van der Waals surface area contributed by atoms with Gasteiger partial charge in [0.25, 0.3) is 0 Å². The molecular formula is C20H28N2NiO. The molecule has 4 heteroatoms. The van der Waals surface area contributed by atoms with Gasteiger partial charge in [-0.1, -0.05) is 63.6 Å². The summed E-state index contributed by atoms with van der Waals surface area (Å²) < 4.78 is 1.80. The van der Waals surface area contributed by atoms with E-state index in [1.54, 1.807) is 4.68 Å². The first kappa shape index (κ1) is 20.6. The molecule has 0 bridgehead atoms. The Morgan fingerprint density at radius 1 is 1.00 bits per heavy atom. The predicted molar refractivity (Wildman–Crippen MR) is 95.2 cm³/mol. The molecule has 0 saturated heterocycles. The van der Waals surface area contributed by atoms with Crippen LogP contribution in [0.15, 0.2) is 36.5 Å². The van der Waals surface area contributed by atoms with Crippen molar-refractivity contribution in [3.05, 3.63) is 47.8 Å². The SMILES string of the molecule is CCCCCCCCCC(=O)c1cn(-c2ccccc2)nc1C.[Ni]. The smallest absolute Gasteiger partial charge is 0.166 e. The third-order valence-corrected chi connectivity index (χ3v) is 4.23. The predicted octanol–water partition coefficient (Wildman–Crippen LogP) is 5.50. The number of rotatable bonds is 10. The number of hydrogen-bond acceptors (Lipinski definition) is 2. The summed E-state index contributed by atoms with van der Waals surface area (Å²) in [5, 5.41) is 4.48. The number of carbonyl (C=O) groups excluding carboxylic acids is 1. The molecule has 2 rings (SSSR count). The van der Waals surface area contributed by atoms with Crippen LogP contribution in [0.1, 0.15) is 74.3 Å². The van der Waals surface area contributed by atoms with Crippen LogP contribution in [0.5, 0.6) is 0 Å². The van der Waals surface area contributed by atoms with E-state index < -0.39 is 0 Å². The van der Waals surface area contributed by atoms with E-state index in [2.05, 4.69) is 12.0 Å². The van der Waals surface area contributed by atoms with Crippen molar-refractivity contribution in [2.75, 3.05) is 0 Å². The summed E-state index contributed by atoms with van der Waals surface area (Å²) in [4.78, 5) is 12.4. The summed E-state index contributed by atoms with van der Waals surface area (Å²) in [7, 11) is 0. The summed E-state index contributed by atoms with van der Waals surface area (Å²) in [6, 6.07) is 9.93. The number of aromatic nitrogens is 2. The van der Waals surface area contributed by atoms with Gasteiger partial charge in [-0.25, -0.2) is 4.68 Å². The molecule has 1 aromatic carbocycles. The zero-order valence-electron chi connectivity index (χ0n) is 14.7. The van der Waals surface area contributed by atoms with Crippen molar-refractivity contribution in [1.82, 2.24) is 9.78 Å². The molecule has 0 unspecified atom stereocenters. The first-order chi connectivity index (χ1) is 11.2. The topological polar surface area (TPSA) is 34.9 Å². The van der Waals surface area contributed by atoms with E-state index in [-0.39, 0.29) is 22.3 Å². The van der Waals surface area contributed by atoms with E-state index in [4.69, 9.17) is 0 Å². The van der Waals surface area contributed by atoms with E-state index in [0.717, 1.165) is 29.8 Å². The zero-order valence-corrected chi connectivity index (χ0v) is 15.7. The van der Waals surface area contributed by atoms with Gasteiger partial charge in [0, 0.05) is 29.1 Å². The molecule has 0 fully saturated rings. The van der Waals surface area contributed by atoms with Crippen LogP contribution in [0.25, 0.3) is 5.69 Å². The van der Waals surface area contributed by atoms with E-state index in [1.807, 2.05) is 43.5 Å². The maximum atomic E-state index is 12.4. The number of ketones is 1. The van der Waals surface area contributed by atoms with Crippen molar-refractivity contribution < 1.29 is 21.3 Å². The largest absolute Gasteiger partial charge is 0.294 e. The van der Waals surface area contributed by atoms with Gasteiger partial charge >= 0.3 is 0 Å². The van der Waals surface area contributed by atoms with Crippen LogP contribution in [0.4, 0.5) is 0 Å². The van der Waals surface area contributed by atoms with Crippen LogP contribution < -0.4 is 0 Å². The van der Waals surface area contributed by atoms with Gasteiger partial charge in [0.15, 0.2) is 5.78 Å². The number of Topliss-reactive ketones (excluding diaryl/α,β-unsaturated/α-hetero) is 1. The Hall–Kier alpha value is -1.41. The first-order valence-electron chi connectivity index (χ1n) is 8.87. The molecular weight excluding hydrogens is 343 g/mol. The fraction of sp³-hybridized carbons (Fsp3) is 0.500. The number of carbonyl (C=O) groups is 1. The number of unbranched alkanes of at least 4 members (excludes halogenated alkanes) is 6. The van der Waals surface area contributed by atoms with E-state index in [1.165, 1.54) is 32.1 Å². The standard InChI is InChI=1S/C20H28N2O.Ni/c1-3-4-5-6-7-8-12-15-20(23)19-16-22(21-17(19)2)18-13-10-9-11-14-18;/h9-11,13-14,16H,3-8,12,15H2,1-2H3;. The van der Waals surface area contributed by atoms with Crippen LogP contribution in [-0.2, 0) is 16.5 Å². The van der Waals surface area contributed by atoms with Gasteiger partial charge in [-0.2, -0.15) is 5.10 Å². The molecule has 134 valence electrons. The molecule has 0 saturated carbocycles. The van der Waals surface area contributed by atoms with Gasteiger partial charge in [-0.05, 0) is 25.5 Å². The minimum atomic E-state index is 0.